The second-order valence-electron chi connectivity index (χ2n) is 5.40. The van der Waals surface area contributed by atoms with Crippen LogP contribution in [0.5, 0.6) is 0 Å². The molecule has 0 aliphatic rings. The van der Waals surface area contributed by atoms with E-state index in [2.05, 4.69) is 29.2 Å². The third-order valence-corrected chi connectivity index (χ3v) is 3.93. The van der Waals surface area contributed by atoms with E-state index < -0.39 is 0 Å². The zero-order valence-corrected chi connectivity index (χ0v) is 12.2. The first-order chi connectivity index (χ1) is 10.7. The molecule has 2 aromatic carbocycles. The second-order valence-corrected chi connectivity index (χ2v) is 5.40. The molecule has 0 spiro atoms. The van der Waals surface area contributed by atoms with Gasteiger partial charge in [0, 0.05) is 17.3 Å². The van der Waals surface area contributed by atoms with E-state index in [-0.39, 0.29) is 5.56 Å². The summed E-state index contributed by atoms with van der Waals surface area (Å²) in [6.07, 6.45) is 0. The quantitative estimate of drug-likeness (QED) is 0.533. The lowest BCUT2D eigenvalue weighted by atomic mass is 10.0. The zero-order valence-electron chi connectivity index (χ0n) is 12.2. The Hall–Kier alpha value is -2.94. The van der Waals surface area contributed by atoms with E-state index in [0.717, 1.165) is 16.6 Å². The van der Waals surface area contributed by atoms with Gasteiger partial charge in [-0.3, -0.25) is 9.20 Å². The summed E-state index contributed by atoms with van der Waals surface area (Å²) in [6.45, 7) is 1.91. The van der Waals surface area contributed by atoms with Crippen molar-refractivity contribution in [2.24, 2.45) is 0 Å². The molecule has 2 heterocycles. The molecule has 0 unspecified atom stereocenters. The van der Waals surface area contributed by atoms with Gasteiger partial charge in [-0.1, -0.05) is 42.5 Å². The number of hydrogen-bond donors (Lipinski definition) is 0. The highest BCUT2D eigenvalue weighted by Crippen LogP contribution is 2.22. The first-order valence-electron chi connectivity index (χ1n) is 7.21. The molecular weight excluding hydrogens is 272 g/mol. The molecule has 0 radical (unpaired) electrons. The molecule has 0 aliphatic carbocycles. The fraction of sp³-hybridized carbons (Fsp3) is 0.0526. The van der Waals surface area contributed by atoms with Crippen LogP contribution in [0.3, 0.4) is 0 Å². The van der Waals surface area contributed by atoms with E-state index in [0.29, 0.717) is 11.3 Å². The van der Waals surface area contributed by atoms with Crippen molar-refractivity contribution in [2.75, 3.05) is 0 Å². The lowest BCUT2D eigenvalue weighted by Gasteiger charge is -2.07. The molecule has 3 nitrogen and oxygen atoms in total. The summed E-state index contributed by atoms with van der Waals surface area (Å²) in [4.78, 5) is 17.0. The zero-order chi connectivity index (χ0) is 15.1. The molecule has 22 heavy (non-hydrogen) atoms. The molecular formula is C19H14N2O. The minimum Gasteiger partial charge on any atom is -0.269 e. The number of nitrogens with zero attached hydrogens (tertiary/aromatic N) is 2. The highest BCUT2D eigenvalue weighted by Gasteiger charge is 2.06. The van der Waals surface area contributed by atoms with Crippen LogP contribution in [0.15, 0.2) is 71.5 Å². The molecule has 0 aliphatic heterocycles. The first-order valence-corrected chi connectivity index (χ1v) is 7.21. The lowest BCUT2D eigenvalue weighted by Crippen LogP contribution is -2.16. The summed E-state index contributed by atoms with van der Waals surface area (Å²) in [5, 5.41) is 2.32. The van der Waals surface area contributed by atoms with Crippen LogP contribution in [-0.4, -0.2) is 9.38 Å². The van der Waals surface area contributed by atoms with Crippen LogP contribution in [0.25, 0.3) is 27.7 Å². The van der Waals surface area contributed by atoms with Gasteiger partial charge in [0.2, 0.25) is 0 Å². The van der Waals surface area contributed by atoms with Crippen LogP contribution >= 0.6 is 0 Å². The summed E-state index contributed by atoms with van der Waals surface area (Å²) in [5.41, 5.74) is 3.18. The van der Waals surface area contributed by atoms with Gasteiger partial charge >= 0.3 is 0 Å². The predicted molar refractivity (Wildman–Crippen MR) is 89.1 cm³/mol. The van der Waals surface area contributed by atoms with Crippen molar-refractivity contribution < 1.29 is 0 Å². The van der Waals surface area contributed by atoms with E-state index in [1.54, 1.807) is 10.5 Å². The van der Waals surface area contributed by atoms with Gasteiger partial charge in [-0.15, -0.1) is 0 Å². The van der Waals surface area contributed by atoms with Gasteiger partial charge in [-0.2, -0.15) is 0 Å². The van der Waals surface area contributed by atoms with E-state index in [1.807, 2.05) is 43.3 Å². The van der Waals surface area contributed by atoms with Crippen molar-refractivity contribution >= 4 is 16.4 Å². The van der Waals surface area contributed by atoms with Crippen LogP contribution in [0.1, 0.15) is 5.69 Å². The molecule has 0 bridgehead atoms. The second kappa shape index (κ2) is 4.81. The molecule has 2 aromatic heterocycles. The van der Waals surface area contributed by atoms with Crippen LogP contribution < -0.4 is 5.56 Å². The average molecular weight is 286 g/mol. The Morgan fingerprint density at radius 1 is 0.864 bits per heavy atom. The Labute approximate surface area is 127 Å². The molecule has 106 valence electrons. The first kappa shape index (κ1) is 12.8. The fourth-order valence-electron chi connectivity index (χ4n) is 2.81. The Kier molecular flexibility index (Phi) is 2.79. The number of aryl methyl sites for hydroxylation is 1. The average Bonchev–Trinajstić information content (AvgIpc) is 2.54. The smallest absolute Gasteiger partial charge is 0.258 e. The maximum absolute atomic E-state index is 12.4. The van der Waals surface area contributed by atoms with Crippen molar-refractivity contribution in [3.63, 3.8) is 0 Å². The summed E-state index contributed by atoms with van der Waals surface area (Å²) in [5.74, 6) is 0. The summed E-state index contributed by atoms with van der Waals surface area (Å²) in [7, 11) is 0. The Morgan fingerprint density at radius 3 is 2.55 bits per heavy atom. The molecule has 0 saturated heterocycles. The minimum absolute atomic E-state index is 0.0498. The Bertz CT molecular complexity index is 1060. The van der Waals surface area contributed by atoms with Crippen molar-refractivity contribution in [3.8, 4) is 11.3 Å². The van der Waals surface area contributed by atoms with Crippen LogP contribution in [0.4, 0.5) is 0 Å². The summed E-state index contributed by atoms with van der Waals surface area (Å²) >= 11 is 0. The van der Waals surface area contributed by atoms with Crippen molar-refractivity contribution in [3.05, 3.63) is 82.8 Å². The molecule has 0 amide bonds. The topological polar surface area (TPSA) is 34.4 Å². The molecule has 0 N–H and O–H groups in total. The predicted octanol–water partition coefficient (Wildman–Crippen LogP) is 3.82. The SMILES string of the molecule is Cc1cccc2nc(-c3ccc4ccccc4c3)cc(=O)n12. The number of aromatic nitrogens is 2. The number of hydrogen-bond acceptors (Lipinski definition) is 2. The van der Waals surface area contributed by atoms with E-state index in [1.165, 1.54) is 5.39 Å². The van der Waals surface area contributed by atoms with Gasteiger partial charge in [-0.25, -0.2) is 4.98 Å². The maximum Gasteiger partial charge on any atom is 0.258 e. The highest BCUT2D eigenvalue weighted by atomic mass is 16.1. The summed E-state index contributed by atoms with van der Waals surface area (Å²) in [6, 6.07) is 21.6. The Balaban J connectivity index is 1.98. The molecule has 4 aromatic rings. The van der Waals surface area contributed by atoms with Crippen LogP contribution in [-0.2, 0) is 0 Å². The monoisotopic (exact) mass is 286 g/mol. The number of benzene rings is 2. The van der Waals surface area contributed by atoms with Crippen LogP contribution in [0, 0.1) is 6.92 Å². The van der Waals surface area contributed by atoms with Crippen molar-refractivity contribution in [2.45, 2.75) is 6.92 Å². The van der Waals surface area contributed by atoms with Gasteiger partial charge in [0.25, 0.3) is 5.56 Å². The standard InChI is InChI=1S/C19H14N2O/c1-13-5-4-8-18-20-17(12-19(22)21(13)18)16-10-9-14-6-2-3-7-15(14)11-16/h2-12H,1H3. The lowest BCUT2D eigenvalue weighted by molar-refractivity contribution is 0.993. The molecule has 0 fully saturated rings. The molecule has 0 atom stereocenters. The largest absolute Gasteiger partial charge is 0.269 e. The van der Waals surface area contributed by atoms with E-state index in [9.17, 15) is 4.79 Å². The fourth-order valence-corrected chi connectivity index (χ4v) is 2.81. The highest BCUT2D eigenvalue weighted by molar-refractivity contribution is 5.86. The number of pyridine rings is 1. The van der Waals surface area contributed by atoms with Gasteiger partial charge in [-0.05, 0) is 35.9 Å². The van der Waals surface area contributed by atoms with E-state index >= 15 is 0 Å². The van der Waals surface area contributed by atoms with Gasteiger partial charge in [0.05, 0.1) is 5.69 Å². The number of rotatable bonds is 1. The molecule has 3 heteroatoms. The minimum atomic E-state index is -0.0498. The third kappa shape index (κ3) is 1.99. The third-order valence-electron chi connectivity index (χ3n) is 3.93. The van der Waals surface area contributed by atoms with Gasteiger partial charge < -0.3 is 0 Å². The normalized spacial score (nSPS) is 11.1. The van der Waals surface area contributed by atoms with Gasteiger partial charge in [0.1, 0.15) is 5.65 Å². The summed E-state index contributed by atoms with van der Waals surface area (Å²) < 4.78 is 1.63. The molecule has 0 saturated carbocycles. The maximum atomic E-state index is 12.4. The number of fused-ring (bicyclic) bond motifs is 2. The van der Waals surface area contributed by atoms with Gasteiger partial charge in [0.15, 0.2) is 0 Å². The Morgan fingerprint density at radius 2 is 1.68 bits per heavy atom. The van der Waals surface area contributed by atoms with Crippen molar-refractivity contribution in [1.82, 2.24) is 9.38 Å². The van der Waals surface area contributed by atoms with Crippen LogP contribution in [0.2, 0.25) is 0 Å². The van der Waals surface area contributed by atoms with E-state index in [4.69, 9.17) is 0 Å². The van der Waals surface area contributed by atoms with Crippen molar-refractivity contribution in [1.29, 1.82) is 0 Å². The molecule has 4 rings (SSSR count).